The summed E-state index contributed by atoms with van der Waals surface area (Å²) >= 11 is 9.40. The second-order valence-electron chi connectivity index (χ2n) is 4.06. The first kappa shape index (κ1) is 12.0. The highest BCUT2D eigenvalue weighted by Gasteiger charge is 2.15. The fraction of sp³-hybridized carbons (Fsp3) is 0.455. The molecule has 78 valence electrons. The van der Waals surface area contributed by atoms with Crippen molar-refractivity contribution in [1.82, 2.24) is 5.32 Å². The zero-order valence-corrected chi connectivity index (χ0v) is 11.0. The van der Waals surface area contributed by atoms with Gasteiger partial charge in [0.1, 0.15) is 0 Å². The van der Waals surface area contributed by atoms with E-state index in [0.29, 0.717) is 0 Å². The van der Waals surface area contributed by atoms with E-state index in [0.717, 1.165) is 15.9 Å². The van der Waals surface area contributed by atoms with E-state index < -0.39 is 0 Å². The minimum absolute atomic E-state index is 0.108. The van der Waals surface area contributed by atoms with Crippen molar-refractivity contribution in [3.05, 3.63) is 33.3 Å². The molecule has 3 heteroatoms. The molecule has 0 radical (unpaired) electrons. The Morgan fingerprint density at radius 1 is 1.43 bits per heavy atom. The second-order valence-corrected chi connectivity index (χ2v) is 5.32. The first-order valence-corrected chi connectivity index (χ1v) is 5.74. The Morgan fingerprint density at radius 3 is 2.57 bits per heavy atom. The average molecular weight is 277 g/mol. The van der Waals surface area contributed by atoms with Gasteiger partial charge in [-0.15, -0.1) is 0 Å². The van der Waals surface area contributed by atoms with Crippen molar-refractivity contribution in [2.24, 2.45) is 0 Å². The molecule has 1 aromatic carbocycles. The molecule has 0 aliphatic heterocycles. The van der Waals surface area contributed by atoms with E-state index in [-0.39, 0.29) is 5.54 Å². The van der Waals surface area contributed by atoms with Crippen LogP contribution in [-0.2, 0) is 6.42 Å². The number of rotatable bonds is 3. The van der Waals surface area contributed by atoms with Crippen molar-refractivity contribution in [3.8, 4) is 0 Å². The molecule has 0 fully saturated rings. The lowest BCUT2D eigenvalue weighted by atomic mass is 9.95. The van der Waals surface area contributed by atoms with Gasteiger partial charge in [-0.3, -0.25) is 0 Å². The minimum Gasteiger partial charge on any atom is -0.314 e. The summed E-state index contributed by atoms with van der Waals surface area (Å²) in [5, 5.41) is 4.04. The summed E-state index contributed by atoms with van der Waals surface area (Å²) in [6.45, 7) is 4.34. The van der Waals surface area contributed by atoms with Gasteiger partial charge in [-0.1, -0.05) is 17.7 Å². The zero-order valence-electron chi connectivity index (χ0n) is 8.70. The van der Waals surface area contributed by atoms with Crippen LogP contribution in [-0.4, -0.2) is 12.6 Å². The van der Waals surface area contributed by atoms with E-state index >= 15 is 0 Å². The van der Waals surface area contributed by atoms with E-state index in [9.17, 15) is 0 Å². The van der Waals surface area contributed by atoms with Crippen molar-refractivity contribution in [3.63, 3.8) is 0 Å². The number of halogens is 2. The van der Waals surface area contributed by atoms with Gasteiger partial charge < -0.3 is 5.32 Å². The normalized spacial score (nSPS) is 11.8. The molecule has 1 aromatic rings. The van der Waals surface area contributed by atoms with E-state index in [2.05, 4.69) is 41.2 Å². The number of hydrogen-bond donors (Lipinski definition) is 1. The van der Waals surface area contributed by atoms with Gasteiger partial charge in [0.05, 0.1) is 5.02 Å². The summed E-state index contributed by atoms with van der Waals surface area (Å²) in [5.74, 6) is 0. The summed E-state index contributed by atoms with van der Waals surface area (Å²) < 4.78 is 0.949. The minimum atomic E-state index is 0.108. The highest BCUT2D eigenvalue weighted by Crippen LogP contribution is 2.24. The Labute approximate surface area is 99.0 Å². The molecular weight excluding hydrogens is 261 g/mol. The maximum Gasteiger partial charge on any atom is 0.0550 e. The number of hydrogen-bond acceptors (Lipinski definition) is 1. The highest BCUT2D eigenvalue weighted by atomic mass is 79.9. The summed E-state index contributed by atoms with van der Waals surface area (Å²) in [5.41, 5.74) is 1.36. The molecule has 0 saturated carbocycles. The van der Waals surface area contributed by atoms with Crippen LogP contribution in [0.15, 0.2) is 22.7 Å². The summed E-state index contributed by atoms with van der Waals surface area (Å²) in [4.78, 5) is 0. The summed E-state index contributed by atoms with van der Waals surface area (Å²) in [7, 11) is 1.97. The second kappa shape index (κ2) is 4.65. The van der Waals surface area contributed by atoms with E-state index in [1.807, 2.05) is 19.2 Å². The predicted octanol–water partition coefficient (Wildman–Crippen LogP) is 3.64. The van der Waals surface area contributed by atoms with E-state index in [1.165, 1.54) is 5.56 Å². The molecule has 0 spiro atoms. The number of nitrogens with one attached hydrogen (secondary N) is 1. The first-order chi connectivity index (χ1) is 6.44. The van der Waals surface area contributed by atoms with Crippen LogP contribution in [0.5, 0.6) is 0 Å². The molecule has 0 bridgehead atoms. The van der Waals surface area contributed by atoms with Crippen LogP contribution in [0.25, 0.3) is 0 Å². The van der Waals surface area contributed by atoms with Crippen LogP contribution >= 0.6 is 27.5 Å². The van der Waals surface area contributed by atoms with Gasteiger partial charge in [0, 0.05) is 10.0 Å². The van der Waals surface area contributed by atoms with Gasteiger partial charge in [0.25, 0.3) is 0 Å². The highest BCUT2D eigenvalue weighted by molar-refractivity contribution is 9.10. The fourth-order valence-corrected chi connectivity index (χ4v) is 1.70. The molecular formula is C11H15BrClN. The van der Waals surface area contributed by atoms with Crippen LogP contribution in [0.1, 0.15) is 19.4 Å². The number of benzene rings is 1. The van der Waals surface area contributed by atoms with Crippen molar-refractivity contribution in [2.75, 3.05) is 7.05 Å². The molecule has 0 aliphatic carbocycles. The smallest absolute Gasteiger partial charge is 0.0550 e. The molecule has 0 unspecified atom stereocenters. The molecule has 1 N–H and O–H groups in total. The van der Waals surface area contributed by atoms with Gasteiger partial charge >= 0.3 is 0 Å². The largest absolute Gasteiger partial charge is 0.314 e. The third-order valence-electron chi connectivity index (χ3n) is 2.31. The molecule has 1 rings (SSSR count). The van der Waals surface area contributed by atoms with Crippen molar-refractivity contribution in [1.29, 1.82) is 0 Å². The van der Waals surface area contributed by atoms with Crippen LogP contribution < -0.4 is 5.32 Å². The van der Waals surface area contributed by atoms with Crippen LogP contribution in [0.4, 0.5) is 0 Å². The Balaban J connectivity index is 2.83. The average Bonchev–Trinajstić information content (AvgIpc) is 2.11. The first-order valence-electron chi connectivity index (χ1n) is 4.57. The lowest BCUT2D eigenvalue weighted by molar-refractivity contribution is 0.422. The van der Waals surface area contributed by atoms with Gasteiger partial charge in [0.2, 0.25) is 0 Å². The standard InChI is InChI=1S/C11H15BrClN/c1-11(2,14-3)7-8-4-5-9(12)10(13)6-8/h4-6,14H,7H2,1-3H3. The summed E-state index contributed by atoms with van der Waals surface area (Å²) in [6, 6.07) is 6.09. The topological polar surface area (TPSA) is 12.0 Å². The van der Waals surface area contributed by atoms with Crippen LogP contribution in [0, 0.1) is 0 Å². The van der Waals surface area contributed by atoms with E-state index in [1.54, 1.807) is 0 Å². The molecule has 0 atom stereocenters. The number of likely N-dealkylation sites (N-methyl/N-ethyl adjacent to an activating group) is 1. The fourth-order valence-electron chi connectivity index (χ4n) is 1.25. The third-order valence-corrected chi connectivity index (χ3v) is 3.54. The summed E-state index contributed by atoms with van der Waals surface area (Å²) in [6.07, 6.45) is 0.969. The maximum absolute atomic E-state index is 6.02. The molecule has 0 aliphatic rings. The Morgan fingerprint density at radius 2 is 2.07 bits per heavy atom. The Kier molecular flexibility index (Phi) is 3.99. The van der Waals surface area contributed by atoms with Crippen LogP contribution in [0.3, 0.4) is 0 Å². The Bertz CT molecular complexity index is 323. The monoisotopic (exact) mass is 275 g/mol. The van der Waals surface area contributed by atoms with Gasteiger partial charge in [-0.2, -0.15) is 0 Å². The van der Waals surface area contributed by atoms with Gasteiger partial charge in [0.15, 0.2) is 0 Å². The maximum atomic E-state index is 6.02. The van der Waals surface area contributed by atoms with Gasteiger partial charge in [-0.05, 0) is 60.9 Å². The Hall–Kier alpha value is -0.0500. The predicted molar refractivity (Wildman–Crippen MR) is 66.0 cm³/mol. The van der Waals surface area contributed by atoms with Crippen molar-refractivity contribution in [2.45, 2.75) is 25.8 Å². The molecule has 1 nitrogen and oxygen atoms in total. The zero-order chi connectivity index (χ0) is 10.8. The van der Waals surface area contributed by atoms with Crippen molar-refractivity contribution >= 4 is 27.5 Å². The quantitative estimate of drug-likeness (QED) is 0.889. The lowest BCUT2D eigenvalue weighted by Crippen LogP contribution is -2.38. The van der Waals surface area contributed by atoms with E-state index in [4.69, 9.17) is 11.6 Å². The third kappa shape index (κ3) is 3.26. The molecule has 14 heavy (non-hydrogen) atoms. The molecule has 0 saturated heterocycles. The van der Waals surface area contributed by atoms with Crippen LogP contribution in [0.2, 0.25) is 5.02 Å². The van der Waals surface area contributed by atoms with Crippen molar-refractivity contribution < 1.29 is 0 Å². The lowest BCUT2D eigenvalue weighted by Gasteiger charge is -2.24. The molecule has 0 amide bonds. The molecule has 0 aromatic heterocycles. The SMILES string of the molecule is CNC(C)(C)Cc1ccc(Br)c(Cl)c1. The molecule has 0 heterocycles. The van der Waals surface area contributed by atoms with Gasteiger partial charge in [-0.25, -0.2) is 0 Å².